The van der Waals surface area contributed by atoms with E-state index >= 15 is 0 Å². The van der Waals surface area contributed by atoms with Gasteiger partial charge in [-0.1, -0.05) is 39.7 Å². The number of esters is 1. The Morgan fingerprint density at radius 3 is 2.29 bits per heavy atom. The molecule has 0 aromatic heterocycles. The number of carbonyl (C=O) groups is 2. The lowest BCUT2D eigenvalue weighted by Gasteiger charge is -2.07. The van der Waals surface area contributed by atoms with Crippen molar-refractivity contribution in [3.8, 4) is 5.75 Å². The molecule has 0 radical (unpaired) electrons. The fraction of sp³-hybridized carbons (Fsp3) is 0. The summed E-state index contributed by atoms with van der Waals surface area (Å²) in [4.78, 5) is 24.4. The summed E-state index contributed by atoms with van der Waals surface area (Å²) in [5.74, 6) is -0.542. The molecule has 3 aromatic carbocycles. The highest BCUT2D eigenvalue weighted by atomic mass is 79.9. The lowest BCUT2D eigenvalue weighted by Crippen LogP contribution is -2.17. The van der Waals surface area contributed by atoms with Crippen LogP contribution in [0.2, 0.25) is 5.02 Å². The van der Waals surface area contributed by atoms with Gasteiger partial charge in [0.25, 0.3) is 5.91 Å². The van der Waals surface area contributed by atoms with Crippen LogP contribution in [0.1, 0.15) is 26.3 Å². The SMILES string of the molecule is O=C(NN=Cc1ccccc1OC(=O)c1ccc(Cl)cc1)c1ccc(Br)cc1. The molecule has 0 atom stereocenters. The molecule has 140 valence electrons. The summed E-state index contributed by atoms with van der Waals surface area (Å²) in [6.07, 6.45) is 1.42. The van der Waals surface area contributed by atoms with Crippen molar-refractivity contribution in [3.05, 3.63) is 99.0 Å². The van der Waals surface area contributed by atoms with Crippen LogP contribution in [0.4, 0.5) is 0 Å². The topological polar surface area (TPSA) is 67.8 Å². The Bertz CT molecular complexity index is 1020. The number of para-hydroxylation sites is 1. The van der Waals surface area contributed by atoms with E-state index in [1.54, 1.807) is 72.8 Å². The second-order valence-electron chi connectivity index (χ2n) is 5.64. The molecule has 0 aliphatic carbocycles. The standard InChI is InChI=1S/C21H14BrClN2O3/c22-17-9-5-14(6-10-17)20(26)25-24-13-16-3-1-2-4-19(16)28-21(27)15-7-11-18(23)12-8-15/h1-13H,(H,25,26). The van der Waals surface area contributed by atoms with E-state index in [-0.39, 0.29) is 5.91 Å². The van der Waals surface area contributed by atoms with Crippen LogP contribution in [0, 0.1) is 0 Å². The third kappa shape index (κ3) is 5.28. The maximum atomic E-state index is 12.3. The van der Waals surface area contributed by atoms with E-state index in [4.69, 9.17) is 16.3 Å². The van der Waals surface area contributed by atoms with Crippen LogP contribution in [-0.2, 0) is 0 Å². The molecule has 0 fully saturated rings. The van der Waals surface area contributed by atoms with Gasteiger partial charge < -0.3 is 4.74 Å². The largest absolute Gasteiger partial charge is 0.422 e. The molecule has 1 N–H and O–H groups in total. The molecule has 3 rings (SSSR count). The zero-order chi connectivity index (χ0) is 19.9. The van der Waals surface area contributed by atoms with E-state index in [9.17, 15) is 9.59 Å². The molecule has 5 nitrogen and oxygen atoms in total. The Balaban J connectivity index is 1.68. The van der Waals surface area contributed by atoms with Crippen molar-refractivity contribution in [1.82, 2.24) is 5.43 Å². The maximum Gasteiger partial charge on any atom is 0.343 e. The third-order valence-corrected chi connectivity index (χ3v) is 4.46. The number of amides is 1. The molecule has 0 aliphatic rings. The van der Waals surface area contributed by atoms with Gasteiger partial charge in [-0.15, -0.1) is 0 Å². The van der Waals surface area contributed by atoms with Crippen molar-refractivity contribution in [3.63, 3.8) is 0 Å². The Labute approximate surface area is 175 Å². The number of hydrogen-bond donors (Lipinski definition) is 1. The van der Waals surface area contributed by atoms with Crippen molar-refractivity contribution in [2.75, 3.05) is 0 Å². The van der Waals surface area contributed by atoms with Crippen molar-refractivity contribution < 1.29 is 14.3 Å². The van der Waals surface area contributed by atoms with Crippen LogP contribution in [-0.4, -0.2) is 18.1 Å². The number of hydrazone groups is 1. The quantitative estimate of drug-likeness (QED) is 0.251. The zero-order valence-corrected chi connectivity index (χ0v) is 16.8. The van der Waals surface area contributed by atoms with E-state index in [0.717, 1.165) is 4.47 Å². The third-order valence-electron chi connectivity index (χ3n) is 3.68. The fourth-order valence-corrected chi connectivity index (χ4v) is 2.64. The second kappa shape index (κ2) is 9.30. The highest BCUT2D eigenvalue weighted by Crippen LogP contribution is 2.18. The van der Waals surface area contributed by atoms with Crippen molar-refractivity contribution in [1.29, 1.82) is 0 Å². The summed E-state index contributed by atoms with van der Waals surface area (Å²) < 4.78 is 6.31. The predicted octanol–water partition coefficient (Wildman–Crippen LogP) is 5.09. The minimum absolute atomic E-state index is 0.323. The molecular weight excluding hydrogens is 444 g/mol. The molecule has 0 bridgehead atoms. The van der Waals surface area contributed by atoms with Crippen LogP contribution >= 0.6 is 27.5 Å². The van der Waals surface area contributed by atoms with Gasteiger partial charge in [0.15, 0.2) is 0 Å². The normalized spacial score (nSPS) is 10.6. The summed E-state index contributed by atoms with van der Waals surface area (Å²) in [6, 6.07) is 20.2. The molecule has 3 aromatic rings. The molecule has 0 saturated heterocycles. The van der Waals surface area contributed by atoms with Crippen LogP contribution in [0.15, 0.2) is 82.4 Å². The minimum Gasteiger partial charge on any atom is -0.422 e. The Morgan fingerprint density at radius 1 is 0.929 bits per heavy atom. The van der Waals surface area contributed by atoms with E-state index in [2.05, 4.69) is 26.5 Å². The highest BCUT2D eigenvalue weighted by molar-refractivity contribution is 9.10. The Hall–Kier alpha value is -2.96. The number of carbonyl (C=O) groups excluding carboxylic acids is 2. The first-order chi connectivity index (χ1) is 13.5. The van der Waals surface area contributed by atoms with Crippen LogP contribution in [0.3, 0.4) is 0 Å². The minimum atomic E-state index is -0.517. The molecule has 28 heavy (non-hydrogen) atoms. The molecule has 0 spiro atoms. The van der Waals surface area contributed by atoms with Crippen LogP contribution < -0.4 is 10.2 Å². The Kier molecular flexibility index (Phi) is 6.57. The number of nitrogens with zero attached hydrogens (tertiary/aromatic N) is 1. The molecule has 0 heterocycles. The number of halogens is 2. The lowest BCUT2D eigenvalue weighted by atomic mass is 10.2. The molecule has 0 unspecified atom stereocenters. The van der Waals surface area contributed by atoms with Gasteiger partial charge in [-0.2, -0.15) is 5.10 Å². The highest BCUT2D eigenvalue weighted by Gasteiger charge is 2.11. The predicted molar refractivity (Wildman–Crippen MR) is 112 cm³/mol. The van der Waals surface area contributed by atoms with E-state index in [1.165, 1.54) is 6.21 Å². The lowest BCUT2D eigenvalue weighted by molar-refractivity contribution is 0.0734. The molecule has 0 aliphatic heterocycles. The van der Waals surface area contributed by atoms with Gasteiger partial charge in [-0.05, 0) is 60.7 Å². The first kappa shape index (κ1) is 19.8. The van der Waals surface area contributed by atoms with Gasteiger partial charge in [0.2, 0.25) is 0 Å². The number of ether oxygens (including phenoxy) is 1. The smallest absolute Gasteiger partial charge is 0.343 e. The number of hydrogen-bond acceptors (Lipinski definition) is 4. The molecule has 1 amide bonds. The summed E-state index contributed by atoms with van der Waals surface area (Å²) >= 11 is 9.15. The fourth-order valence-electron chi connectivity index (χ4n) is 2.25. The molecular formula is C21H14BrClN2O3. The van der Waals surface area contributed by atoms with Gasteiger partial charge in [-0.25, -0.2) is 10.2 Å². The summed E-state index contributed by atoms with van der Waals surface area (Å²) in [7, 11) is 0. The van der Waals surface area contributed by atoms with Gasteiger partial charge in [0.1, 0.15) is 5.75 Å². The summed E-state index contributed by atoms with van der Waals surface area (Å²) in [6.45, 7) is 0. The van der Waals surface area contributed by atoms with Crippen LogP contribution in [0.5, 0.6) is 5.75 Å². The van der Waals surface area contributed by atoms with Crippen molar-refractivity contribution in [2.45, 2.75) is 0 Å². The monoisotopic (exact) mass is 456 g/mol. The summed E-state index contributed by atoms with van der Waals surface area (Å²) in [5.41, 5.74) is 3.84. The average molecular weight is 458 g/mol. The van der Waals surface area contributed by atoms with Crippen molar-refractivity contribution in [2.24, 2.45) is 5.10 Å². The maximum absolute atomic E-state index is 12.3. The van der Waals surface area contributed by atoms with Gasteiger partial charge in [-0.3, -0.25) is 4.79 Å². The van der Waals surface area contributed by atoms with Gasteiger partial charge >= 0.3 is 5.97 Å². The first-order valence-electron chi connectivity index (χ1n) is 8.19. The van der Waals surface area contributed by atoms with E-state index in [1.807, 2.05) is 0 Å². The summed E-state index contributed by atoms with van der Waals surface area (Å²) in [5, 5.41) is 4.48. The Morgan fingerprint density at radius 2 is 1.57 bits per heavy atom. The first-order valence-corrected chi connectivity index (χ1v) is 9.36. The number of rotatable bonds is 5. The molecule has 0 saturated carbocycles. The zero-order valence-electron chi connectivity index (χ0n) is 14.4. The number of benzene rings is 3. The van der Waals surface area contributed by atoms with Crippen molar-refractivity contribution >= 4 is 45.6 Å². The van der Waals surface area contributed by atoms with Crippen LogP contribution in [0.25, 0.3) is 0 Å². The van der Waals surface area contributed by atoms with Gasteiger partial charge in [0.05, 0.1) is 11.8 Å². The van der Waals surface area contributed by atoms with E-state index in [0.29, 0.717) is 27.5 Å². The molecule has 7 heteroatoms. The second-order valence-corrected chi connectivity index (χ2v) is 6.99. The van der Waals surface area contributed by atoms with E-state index < -0.39 is 5.97 Å². The number of nitrogens with one attached hydrogen (secondary N) is 1. The van der Waals surface area contributed by atoms with Gasteiger partial charge in [0, 0.05) is 20.6 Å². The average Bonchev–Trinajstić information content (AvgIpc) is 2.70.